The van der Waals surface area contributed by atoms with Crippen LogP contribution in [0.2, 0.25) is 0 Å². The van der Waals surface area contributed by atoms with Gasteiger partial charge in [-0.15, -0.1) is 0 Å². The van der Waals surface area contributed by atoms with E-state index in [0.717, 1.165) is 41.1 Å². The number of ketones is 1. The number of benzene rings is 2. The van der Waals surface area contributed by atoms with E-state index in [9.17, 15) is 39.9 Å². The summed E-state index contributed by atoms with van der Waals surface area (Å²) in [5.41, 5.74) is -2.40. The fraction of sp³-hybridized carbons (Fsp3) is 0.391. The van der Waals surface area contributed by atoms with Crippen LogP contribution in [-0.4, -0.2) is 90.1 Å². The molecule has 2 N–H and O–H groups in total. The molecule has 1 aliphatic rings. The molecular weight excluding hydrogens is 574 g/mol. The Hall–Kier alpha value is -3.05. The van der Waals surface area contributed by atoms with E-state index in [1.54, 1.807) is 6.92 Å². The summed E-state index contributed by atoms with van der Waals surface area (Å²) < 4.78 is 82.6. The standard InChI is InChI=1S/C23H29N3O10S3/c1-16-5-11-19(12-6-16)38(32,33)26(17-7-9-18(10-8-17)36-39(34,35)25(3)4)23(2,22(28)29)21(27)20-15-37(30,31)14-13-24-20/h5-12,20,24H,13-15H2,1-4H3,(H,28,29)/t20?,23-/m1/s1. The average Bonchev–Trinajstić information content (AvgIpc) is 2.83. The van der Waals surface area contributed by atoms with Gasteiger partial charge < -0.3 is 14.6 Å². The second-order valence-corrected chi connectivity index (χ2v) is 15.0. The fourth-order valence-corrected chi connectivity index (χ4v) is 7.49. The highest BCUT2D eigenvalue weighted by molar-refractivity contribution is 7.93. The van der Waals surface area contributed by atoms with E-state index in [0.29, 0.717) is 4.31 Å². The Morgan fingerprint density at radius 1 is 1.03 bits per heavy atom. The number of nitrogens with zero attached hydrogens (tertiary/aromatic N) is 2. The maximum absolute atomic E-state index is 14.0. The van der Waals surface area contributed by atoms with Crippen LogP contribution in [0.25, 0.3) is 0 Å². The molecule has 1 aliphatic heterocycles. The number of sulfonamides is 1. The summed E-state index contributed by atoms with van der Waals surface area (Å²) in [5.74, 6) is -4.21. The molecule has 3 rings (SSSR count). The van der Waals surface area contributed by atoms with Crippen LogP contribution in [0.15, 0.2) is 53.4 Å². The van der Waals surface area contributed by atoms with Crippen molar-refractivity contribution in [2.24, 2.45) is 0 Å². The number of aryl methyl sites for hydroxylation is 1. The molecule has 0 radical (unpaired) electrons. The molecule has 2 aromatic carbocycles. The van der Waals surface area contributed by atoms with Crippen molar-refractivity contribution < 1.29 is 44.1 Å². The summed E-state index contributed by atoms with van der Waals surface area (Å²) in [5, 5.41) is 13.0. The maximum atomic E-state index is 14.0. The number of aliphatic carboxylic acids is 1. The first kappa shape index (κ1) is 30.5. The Kier molecular flexibility index (Phi) is 8.48. The zero-order valence-electron chi connectivity index (χ0n) is 21.6. The summed E-state index contributed by atoms with van der Waals surface area (Å²) >= 11 is 0. The molecule has 1 saturated heterocycles. The smallest absolute Gasteiger partial charge is 0.384 e. The molecule has 0 aliphatic carbocycles. The molecule has 0 spiro atoms. The van der Waals surface area contributed by atoms with Gasteiger partial charge in [-0.25, -0.2) is 25.9 Å². The van der Waals surface area contributed by atoms with Crippen LogP contribution < -0.4 is 13.8 Å². The Bertz CT molecular complexity index is 1570. The van der Waals surface area contributed by atoms with Crippen molar-refractivity contribution in [2.75, 3.05) is 36.5 Å². The second kappa shape index (κ2) is 10.8. The third-order valence-corrected chi connectivity index (χ3v) is 11.0. The number of carbonyl (C=O) groups excluding carboxylic acids is 1. The zero-order chi connectivity index (χ0) is 29.4. The van der Waals surface area contributed by atoms with Crippen LogP contribution in [0.4, 0.5) is 5.69 Å². The highest BCUT2D eigenvalue weighted by Gasteiger charge is 2.55. The lowest BCUT2D eigenvalue weighted by atomic mass is 9.91. The number of carboxylic acids is 1. The van der Waals surface area contributed by atoms with Crippen LogP contribution in [0.1, 0.15) is 12.5 Å². The molecule has 2 atom stereocenters. The summed E-state index contributed by atoms with van der Waals surface area (Å²) in [6, 6.07) is 8.36. The zero-order valence-corrected chi connectivity index (χ0v) is 24.0. The minimum Gasteiger partial charge on any atom is -0.479 e. The number of sulfone groups is 1. The average molecular weight is 604 g/mol. The molecule has 2 aromatic rings. The van der Waals surface area contributed by atoms with Crippen molar-refractivity contribution in [1.82, 2.24) is 9.62 Å². The van der Waals surface area contributed by atoms with Gasteiger partial charge in [0.2, 0.25) is 5.54 Å². The first-order chi connectivity index (χ1) is 17.9. The van der Waals surface area contributed by atoms with Gasteiger partial charge in [0, 0.05) is 20.6 Å². The van der Waals surface area contributed by atoms with Gasteiger partial charge in [0.1, 0.15) is 5.75 Å². The summed E-state index contributed by atoms with van der Waals surface area (Å²) in [4.78, 5) is 26.1. The number of hydrogen-bond donors (Lipinski definition) is 2. The number of nitrogens with one attached hydrogen (secondary N) is 1. The van der Waals surface area contributed by atoms with E-state index in [1.807, 2.05) is 0 Å². The highest BCUT2D eigenvalue weighted by atomic mass is 32.2. The second-order valence-electron chi connectivity index (χ2n) is 9.26. The van der Waals surface area contributed by atoms with Crippen LogP contribution in [0.3, 0.4) is 0 Å². The Labute approximate surface area is 227 Å². The number of Topliss-reactive ketones (excluding diaryl/α,β-unsaturated/α-hetero) is 1. The van der Waals surface area contributed by atoms with E-state index in [4.69, 9.17) is 4.18 Å². The van der Waals surface area contributed by atoms with E-state index in [2.05, 4.69) is 5.32 Å². The lowest BCUT2D eigenvalue weighted by molar-refractivity contribution is -0.147. The minimum absolute atomic E-state index is 0.120. The number of carbonyl (C=O) groups is 2. The summed E-state index contributed by atoms with van der Waals surface area (Å²) in [6.07, 6.45) is 0. The monoisotopic (exact) mass is 603 g/mol. The quantitative estimate of drug-likeness (QED) is 0.353. The molecule has 0 saturated carbocycles. The molecule has 13 nitrogen and oxygen atoms in total. The number of carboxylic acid groups (broad SMARTS) is 1. The van der Waals surface area contributed by atoms with Gasteiger partial charge in [0.25, 0.3) is 10.0 Å². The summed E-state index contributed by atoms with van der Waals surface area (Å²) in [7, 11) is -10.1. The first-order valence-corrected chi connectivity index (χ1v) is 16.1. The predicted molar refractivity (Wildman–Crippen MR) is 142 cm³/mol. The van der Waals surface area contributed by atoms with Crippen LogP contribution >= 0.6 is 0 Å². The third kappa shape index (κ3) is 6.24. The van der Waals surface area contributed by atoms with E-state index >= 15 is 0 Å². The van der Waals surface area contributed by atoms with Crippen LogP contribution in [-0.2, 0) is 39.8 Å². The van der Waals surface area contributed by atoms with Gasteiger partial charge in [-0.1, -0.05) is 17.7 Å². The topological polar surface area (TPSA) is 185 Å². The van der Waals surface area contributed by atoms with Crippen molar-refractivity contribution >= 4 is 47.6 Å². The maximum Gasteiger partial charge on any atom is 0.384 e. The van der Waals surface area contributed by atoms with Crippen molar-refractivity contribution in [3.63, 3.8) is 0 Å². The van der Waals surface area contributed by atoms with Gasteiger partial charge >= 0.3 is 16.3 Å². The number of hydrogen-bond acceptors (Lipinski definition) is 10. The van der Waals surface area contributed by atoms with Crippen molar-refractivity contribution in [3.8, 4) is 5.75 Å². The SMILES string of the molecule is Cc1ccc(S(=O)(=O)N(c2ccc(OS(=O)(=O)N(C)C)cc2)[C@@](C)(C(=O)O)C(=O)C2CS(=O)(=O)CCN2)cc1. The Morgan fingerprint density at radius 3 is 2.08 bits per heavy atom. The minimum atomic E-state index is -4.76. The molecule has 1 unspecified atom stereocenters. The van der Waals surface area contributed by atoms with Crippen molar-refractivity contribution in [3.05, 3.63) is 54.1 Å². The molecule has 0 bridgehead atoms. The molecule has 214 valence electrons. The highest BCUT2D eigenvalue weighted by Crippen LogP contribution is 2.35. The van der Waals surface area contributed by atoms with E-state index in [-0.39, 0.29) is 28.6 Å². The molecule has 1 fully saturated rings. The fourth-order valence-electron chi connectivity index (χ4n) is 3.87. The normalized spacial score (nSPS) is 19.2. The van der Waals surface area contributed by atoms with Crippen molar-refractivity contribution in [2.45, 2.75) is 30.3 Å². The van der Waals surface area contributed by atoms with Gasteiger partial charge in [-0.3, -0.25) is 4.79 Å². The summed E-state index contributed by atoms with van der Waals surface area (Å²) in [6.45, 7) is 2.48. The van der Waals surface area contributed by atoms with E-state index < -0.39 is 59.3 Å². The predicted octanol–water partition coefficient (Wildman–Crippen LogP) is 0.175. The van der Waals surface area contributed by atoms with Gasteiger partial charge in [0.05, 0.1) is 28.1 Å². The van der Waals surface area contributed by atoms with E-state index in [1.165, 1.54) is 38.4 Å². The van der Waals surface area contributed by atoms with Gasteiger partial charge in [-0.2, -0.15) is 12.7 Å². The Balaban J connectivity index is 2.21. The molecule has 1 heterocycles. The first-order valence-electron chi connectivity index (χ1n) is 11.5. The van der Waals surface area contributed by atoms with Crippen LogP contribution in [0.5, 0.6) is 5.75 Å². The van der Waals surface area contributed by atoms with Crippen LogP contribution in [0, 0.1) is 6.92 Å². The van der Waals surface area contributed by atoms with Gasteiger partial charge in [-0.05, 0) is 50.2 Å². The Morgan fingerprint density at radius 2 is 1.59 bits per heavy atom. The van der Waals surface area contributed by atoms with Crippen molar-refractivity contribution in [1.29, 1.82) is 0 Å². The molecule has 0 amide bonds. The third-order valence-electron chi connectivity index (χ3n) is 6.12. The molecule has 0 aromatic heterocycles. The molecular formula is C23H29N3O10S3. The van der Waals surface area contributed by atoms with Gasteiger partial charge in [0.15, 0.2) is 15.6 Å². The molecule has 16 heteroatoms. The number of anilines is 1. The largest absolute Gasteiger partial charge is 0.479 e. The molecule has 39 heavy (non-hydrogen) atoms. The lowest BCUT2D eigenvalue weighted by Crippen LogP contribution is -2.66. The number of rotatable bonds is 10. The lowest BCUT2D eigenvalue weighted by Gasteiger charge is -2.39.